The number of nitrogens with zero attached hydrogens (tertiary/aromatic N) is 4. The third-order valence-corrected chi connectivity index (χ3v) is 4.77. The molecule has 1 heterocycles. The number of ether oxygens (including phenoxy) is 1. The number of rotatable bonds is 7. The van der Waals surface area contributed by atoms with E-state index in [-0.39, 0.29) is 12.6 Å². The molecular formula is C20H19Cl2N5O3. The Bertz CT molecular complexity index is 1050. The predicted molar refractivity (Wildman–Crippen MR) is 112 cm³/mol. The molecule has 1 atom stereocenters. The Balaban J connectivity index is 1.48. The Hall–Kier alpha value is -2.97. The van der Waals surface area contributed by atoms with Crippen molar-refractivity contribution in [2.75, 3.05) is 6.61 Å². The van der Waals surface area contributed by atoms with Crippen LogP contribution in [0, 0.1) is 6.92 Å². The monoisotopic (exact) mass is 447 g/mol. The van der Waals surface area contributed by atoms with Crippen LogP contribution in [0.2, 0.25) is 10.0 Å². The Morgan fingerprint density at radius 1 is 1.17 bits per heavy atom. The van der Waals surface area contributed by atoms with E-state index in [1.807, 2.05) is 31.2 Å². The molecule has 1 unspecified atom stereocenters. The first-order valence-corrected chi connectivity index (χ1v) is 9.82. The van der Waals surface area contributed by atoms with E-state index in [1.54, 1.807) is 25.1 Å². The number of hydrogen-bond donors (Lipinski definition) is 1. The number of tetrazole rings is 1. The second-order valence-corrected chi connectivity index (χ2v) is 7.47. The molecule has 0 radical (unpaired) electrons. The first-order chi connectivity index (χ1) is 14.3. The van der Waals surface area contributed by atoms with Crippen molar-refractivity contribution >= 4 is 35.1 Å². The van der Waals surface area contributed by atoms with Gasteiger partial charge in [-0.3, -0.25) is 4.79 Å². The minimum atomic E-state index is -0.657. The van der Waals surface area contributed by atoms with Crippen molar-refractivity contribution in [1.29, 1.82) is 0 Å². The molecule has 1 amide bonds. The van der Waals surface area contributed by atoms with Crippen LogP contribution >= 0.6 is 23.2 Å². The summed E-state index contributed by atoms with van der Waals surface area (Å²) >= 11 is 12.0. The topological polar surface area (TPSA) is 99.0 Å². The lowest BCUT2D eigenvalue weighted by Gasteiger charge is -2.16. The van der Waals surface area contributed by atoms with Crippen LogP contribution in [-0.2, 0) is 20.9 Å². The summed E-state index contributed by atoms with van der Waals surface area (Å²) in [6, 6.07) is 12.2. The van der Waals surface area contributed by atoms with Crippen LogP contribution < -0.4 is 5.32 Å². The summed E-state index contributed by atoms with van der Waals surface area (Å²) in [5, 5.41) is 15.6. The van der Waals surface area contributed by atoms with E-state index < -0.39 is 18.5 Å². The van der Waals surface area contributed by atoms with Crippen LogP contribution in [0.5, 0.6) is 0 Å². The van der Waals surface area contributed by atoms with Gasteiger partial charge in [-0.2, -0.15) is 4.80 Å². The van der Waals surface area contributed by atoms with E-state index in [0.717, 1.165) is 15.9 Å². The van der Waals surface area contributed by atoms with Gasteiger partial charge < -0.3 is 10.1 Å². The molecule has 0 saturated heterocycles. The minimum Gasteiger partial charge on any atom is -0.454 e. The van der Waals surface area contributed by atoms with E-state index >= 15 is 0 Å². The Labute approximate surface area is 183 Å². The number of carbonyl (C=O) groups excluding carboxylic acids is 2. The largest absolute Gasteiger partial charge is 0.454 e. The third kappa shape index (κ3) is 5.77. The fourth-order valence-corrected chi connectivity index (χ4v) is 3.22. The number of amides is 1. The number of benzene rings is 2. The summed E-state index contributed by atoms with van der Waals surface area (Å²) in [5.41, 5.74) is 2.60. The summed E-state index contributed by atoms with van der Waals surface area (Å²) in [5.74, 6) is -0.724. The van der Waals surface area contributed by atoms with Gasteiger partial charge in [-0.1, -0.05) is 59.1 Å². The summed E-state index contributed by atoms with van der Waals surface area (Å²) in [6.45, 7) is 3.05. The fraction of sp³-hybridized carbons (Fsp3) is 0.250. The molecule has 0 aliphatic rings. The van der Waals surface area contributed by atoms with E-state index in [1.165, 1.54) is 0 Å². The van der Waals surface area contributed by atoms with Crippen LogP contribution in [0.3, 0.4) is 0 Å². The molecule has 0 fully saturated rings. The van der Waals surface area contributed by atoms with E-state index in [9.17, 15) is 9.59 Å². The van der Waals surface area contributed by atoms with Crippen molar-refractivity contribution in [3.05, 3.63) is 63.6 Å². The smallest absolute Gasteiger partial charge is 0.330 e. The lowest BCUT2D eigenvalue weighted by molar-refractivity contribution is -0.149. The number of aromatic nitrogens is 4. The van der Waals surface area contributed by atoms with E-state index in [2.05, 4.69) is 20.7 Å². The molecule has 156 valence electrons. The van der Waals surface area contributed by atoms with Crippen molar-refractivity contribution in [1.82, 2.24) is 25.5 Å². The molecule has 1 aromatic heterocycles. The maximum Gasteiger partial charge on any atom is 0.330 e. The van der Waals surface area contributed by atoms with Crippen molar-refractivity contribution in [2.24, 2.45) is 0 Å². The minimum absolute atomic E-state index is 0.259. The number of carbonyl (C=O) groups is 2. The second-order valence-electron chi connectivity index (χ2n) is 6.63. The standard InChI is InChI=1S/C20H19Cl2N5O3/c1-12-3-5-14(6-4-12)20-24-26-27(25-20)10-19(29)30-11-18(28)23-13(2)16-8-7-15(21)9-17(16)22/h3-9,13H,10-11H2,1-2H3,(H,23,28). The highest BCUT2D eigenvalue weighted by atomic mass is 35.5. The SMILES string of the molecule is Cc1ccc(-c2nnn(CC(=O)OCC(=O)NC(C)c3ccc(Cl)cc3Cl)n2)cc1. The average molecular weight is 448 g/mol. The second kappa shape index (κ2) is 9.69. The maximum absolute atomic E-state index is 12.1. The van der Waals surface area contributed by atoms with E-state index in [0.29, 0.717) is 21.4 Å². The highest BCUT2D eigenvalue weighted by Gasteiger charge is 2.16. The number of nitrogens with one attached hydrogen (secondary N) is 1. The molecule has 0 bridgehead atoms. The van der Waals surface area contributed by atoms with Gasteiger partial charge in [-0.25, -0.2) is 4.79 Å². The highest BCUT2D eigenvalue weighted by molar-refractivity contribution is 6.35. The van der Waals surface area contributed by atoms with Crippen molar-refractivity contribution in [3.63, 3.8) is 0 Å². The van der Waals surface area contributed by atoms with Gasteiger partial charge >= 0.3 is 5.97 Å². The molecule has 3 rings (SSSR count). The fourth-order valence-electron chi connectivity index (χ4n) is 2.65. The van der Waals surface area contributed by atoms with Crippen molar-refractivity contribution in [3.8, 4) is 11.4 Å². The highest BCUT2D eigenvalue weighted by Crippen LogP contribution is 2.26. The van der Waals surface area contributed by atoms with Gasteiger partial charge in [0.2, 0.25) is 5.82 Å². The molecule has 0 aliphatic carbocycles. The number of esters is 1. The quantitative estimate of drug-likeness (QED) is 0.557. The maximum atomic E-state index is 12.1. The van der Waals surface area contributed by atoms with Crippen molar-refractivity contribution in [2.45, 2.75) is 26.4 Å². The van der Waals surface area contributed by atoms with Gasteiger partial charge in [0.15, 0.2) is 13.2 Å². The zero-order valence-corrected chi connectivity index (χ0v) is 17.8. The van der Waals surface area contributed by atoms with Gasteiger partial charge in [0.05, 0.1) is 6.04 Å². The summed E-state index contributed by atoms with van der Waals surface area (Å²) in [6.07, 6.45) is 0. The number of halogens is 2. The third-order valence-electron chi connectivity index (χ3n) is 4.20. The predicted octanol–water partition coefficient (Wildman–Crippen LogP) is 3.38. The lowest BCUT2D eigenvalue weighted by atomic mass is 10.1. The lowest BCUT2D eigenvalue weighted by Crippen LogP contribution is -2.32. The zero-order chi connectivity index (χ0) is 21.7. The Morgan fingerprint density at radius 2 is 1.90 bits per heavy atom. The van der Waals surface area contributed by atoms with Crippen LogP contribution in [-0.4, -0.2) is 38.7 Å². The van der Waals surface area contributed by atoms with Gasteiger partial charge in [0.1, 0.15) is 0 Å². The Kier molecular flexibility index (Phi) is 7.02. The molecular weight excluding hydrogens is 429 g/mol. The molecule has 3 aromatic rings. The first kappa shape index (κ1) is 21.7. The van der Waals surface area contributed by atoms with Gasteiger partial charge in [0.25, 0.3) is 5.91 Å². The van der Waals surface area contributed by atoms with Crippen molar-refractivity contribution < 1.29 is 14.3 Å². The van der Waals surface area contributed by atoms with Gasteiger partial charge in [-0.05, 0) is 36.8 Å². The van der Waals surface area contributed by atoms with Crippen LogP contribution in [0.4, 0.5) is 0 Å². The van der Waals surface area contributed by atoms with Crippen LogP contribution in [0.1, 0.15) is 24.1 Å². The van der Waals surface area contributed by atoms with Gasteiger partial charge in [0, 0.05) is 15.6 Å². The molecule has 10 heteroatoms. The van der Waals surface area contributed by atoms with Gasteiger partial charge in [-0.15, -0.1) is 10.2 Å². The van der Waals surface area contributed by atoms with Crippen LogP contribution in [0.25, 0.3) is 11.4 Å². The normalized spacial score (nSPS) is 11.7. The molecule has 2 aromatic carbocycles. The summed E-state index contributed by atoms with van der Waals surface area (Å²) in [7, 11) is 0. The molecule has 0 aliphatic heterocycles. The van der Waals surface area contributed by atoms with Crippen LogP contribution in [0.15, 0.2) is 42.5 Å². The summed E-state index contributed by atoms with van der Waals surface area (Å²) < 4.78 is 4.99. The van der Waals surface area contributed by atoms with E-state index in [4.69, 9.17) is 27.9 Å². The number of hydrogen-bond acceptors (Lipinski definition) is 6. The molecule has 1 N–H and O–H groups in total. The number of aryl methyl sites for hydroxylation is 1. The summed E-state index contributed by atoms with van der Waals surface area (Å²) in [4.78, 5) is 25.2. The Morgan fingerprint density at radius 3 is 2.60 bits per heavy atom. The zero-order valence-electron chi connectivity index (χ0n) is 16.3. The average Bonchev–Trinajstić information content (AvgIpc) is 3.15. The molecule has 0 saturated carbocycles. The molecule has 8 nitrogen and oxygen atoms in total. The first-order valence-electron chi connectivity index (χ1n) is 9.06. The molecule has 30 heavy (non-hydrogen) atoms. The molecule has 0 spiro atoms.